The lowest BCUT2D eigenvalue weighted by Crippen LogP contribution is -2.21. The molecule has 2 rings (SSSR count). The molecular formula is C10H7F3O3. The third-order valence-corrected chi connectivity index (χ3v) is 2.08. The number of hydrogen-bond acceptors (Lipinski definition) is 3. The summed E-state index contributed by atoms with van der Waals surface area (Å²) in [6, 6.07) is 3.86. The van der Waals surface area contributed by atoms with E-state index in [1.165, 1.54) is 12.1 Å². The third-order valence-electron chi connectivity index (χ3n) is 2.08. The molecule has 0 saturated carbocycles. The lowest BCUT2D eigenvalue weighted by atomic mass is 10.0. The number of para-hydroxylation sites is 1. The zero-order valence-corrected chi connectivity index (χ0v) is 8.00. The van der Waals surface area contributed by atoms with Gasteiger partial charge in [-0.3, -0.25) is 4.79 Å². The van der Waals surface area contributed by atoms with E-state index in [0.717, 1.165) is 6.07 Å². The first-order valence-electron chi connectivity index (χ1n) is 4.52. The van der Waals surface area contributed by atoms with Gasteiger partial charge in [0, 0.05) is 6.42 Å². The van der Waals surface area contributed by atoms with E-state index in [2.05, 4.69) is 4.74 Å². The molecule has 16 heavy (non-hydrogen) atoms. The van der Waals surface area contributed by atoms with Crippen LogP contribution in [0.1, 0.15) is 16.8 Å². The van der Waals surface area contributed by atoms with E-state index in [1.54, 1.807) is 0 Å². The first-order chi connectivity index (χ1) is 7.47. The Balaban J connectivity index is 2.40. The van der Waals surface area contributed by atoms with Gasteiger partial charge in [0.1, 0.15) is 0 Å². The van der Waals surface area contributed by atoms with E-state index >= 15 is 0 Å². The second-order valence-corrected chi connectivity index (χ2v) is 3.20. The fourth-order valence-corrected chi connectivity index (χ4v) is 1.47. The fraction of sp³-hybridized carbons (Fsp3) is 0.300. The predicted octanol–water partition coefficient (Wildman–Crippen LogP) is 2.55. The van der Waals surface area contributed by atoms with Crippen molar-refractivity contribution < 1.29 is 27.4 Å². The number of fused-ring (bicyclic) bond motifs is 1. The minimum absolute atomic E-state index is 0.0735. The molecule has 0 saturated heterocycles. The molecule has 0 aromatic heterocycles. The van der Waals surface area contributed by atoms with Gasteiger partial charge in [0.25, 0.3) is 0 Å². The summed E-state index contributed by atoms with van der Waals surface area (Å²) in [6.45, 7) is 0.0735. The van der Waals surface area contributed by atoms with E-state index < -0.39 is 12.1 Å². The van der Waals surface area contributed by atoms with Crippen LogP contribution in [0.5, 0.6) is 11.5 Å². The first kappa shape index (κ1) is 10.8. The van der Waals surface area contributed by atoms with Crippen molar-refractivity contribution in [3.8, 4) is 11.5 Å². The highest BCUT2D eigenvalue weighted by Crippen LogP contribution is 2.37. The molecule has 0 unspecified atom stereocenters. The number of carbonyl (C=O) groups excluding carboxylic acids is 1. The summed E-state index contributed by atoms with van der Waals surface area (Å²) in [5, 5.41) is 0. The lowest BCUT2D eigenvalue weighted by molar-refractivity contribution is -0.275. The van der Waals surface area contributed by atoms with Gasteiger partial charge >= 0.3 is 6.36 Å². The molecule has 0 spiro atoms. The number of hydrogen-bond donors (Lipinski definition) is 0. The summed E-state index contributed by atoms with van der Waals surface area (Å²) in [4.78, 5) is 11.4. The number of rotatable bonds is 1. The molecule has 0 fully saturated rings. The molecule has 86 valence electrons. The number of Topliss-reactive ketones (excluding diaryl/α,β-unsaturated/α-hetero) is 1. The highest BCUT2D eigenvalue weighted by molar-refractivity contribution is 6.00. The van der Waals surface area contributed by atoms with Gasteiger partial charge in [0.15, 0.2) is 17.3 Å². The van der Waals surface area contributed by atoms with Gasteiger partial charge < -0.3 is 9.47 Å². The van der Waals surface area contributed by atoms with Crippen LogP contribution in [-0.4, -0.2) is 18.8 Å². The van der Waals surface area contributed by atoms with Crippen molar-refractivity contribution in [1.82, 2.24) is 0 Å². The third kappa shape index (κ3) is 2.10. The maximum Gasteiger partial charge on any atom is 0.573 e. The van der Waals surface area contributed by atoms with E-state index in [4.69, 9.17) is 4.74 Å². The zero-order valence-electron chi connectivity index (χ0n) is 8.00. The van der Waals surface area contributed by atoms with Crippen LogP contribution in [0.4, 0.5) is 13.2 Å². The average molecular weight is 232 g/mol. The minimum atomic E-state index is -4.79. The number of carbonyl (C=O) groups is 1. The SMILES string of the molecule is O=C1CCOc2c(OC(F)(F)F)cccc21. The molecule has 6 heteroatoms. The lowest BCUT2D eigenvalue weighted by Gasteiger charge is -2.19. The molecule has 1 aromatic rings. The van der Waals surface area contributed by atoms with Gasteiger partial charge in [-0.2, -0.15) is 0 Å². The topological polar surface area (TPSA) is 35.5 Å². The zero-order chi connectivity index (χ0) is 11.8. The van der Waals surface area contributed by atoms with Gasteiger partial charge in [0.2, 0.25) is 0 Å². The van der Waals surface area contributed by atoms with Crippen molar-refractivity contribution in [1.29, 1.82) is 0 Å². The quantitative estimate of drug-likeness (QED) is 0.746. The predicted molar refractivity (Wildman–Crippen MR) is 47.6 cm³/mol. The van der Waals surface area contributed by atoms with Gasteiger partial charge in [-0.05, 0) is 12.1 Å². The Morgan fingerprint density at radius 2 is 2.06 bits per heavy atom. The van der Waals surface area contributed by atoms with E-state index in [9.17, 15) is 18.0 Å². The maximum atomic E-state index is 12.0. The Morgan fingerprint density at radius 3 is 2.75 bits per heavy atom. The van der Waals surface area contributed by atoms with Crippen LogP contribution in [0.25, 0.3) is 0 Å². The second kappa shape index (κ2) is 3.70. The van der Waals surface area contributed by atoms with Crippen molar-refractivity contribution >= 4 is 5.78 Å². The highest BCUT2D eigenvalue weighted by Gasteiger charge is 2.34. The molecule has 0 amide bonds. The number of alkyl halides is 3. The van der Waals surface area contributed by atoms with Crippen molar-refractivity contribution in [2.75, 3.05) is 6.61 Å². The summed E-state index contributed by atoms with van der Waals surface area (Å²) < 4.78 is 44.9. The number of ether oxygens (including phenoxy) is 2. The molecular weight excluding hydrogens is 225 g/mol. The molecule has 0 bridgehead atoms. The van der Waals surface area contributed by atoms with Crippen LogP contribution < -0.4 is 9.47 Å². The summed E-state index contributed by atoms with van der Waals surface area (Å²) >= 11 is 0. The Bertz CT molecular complexity index is 426. The first-order valence-corrected chi connectivity index (χ1v) is 4.52. The largest absolute Gasteiger partial charge is 0.573 e. The molecule has 0 N–H and O–H groups in total. The van der Waals surface area contributed by atoms with Crippen LogP contribution in [0.15, 0.2) is 18.2 Å². The number of benzene rings is 1. The van der Waals surface area contributed by atoms with Crippen LogP contribution in [0.2, 0.25) is 0 Å². The van der Waals surface area contributed by atoms with Gasteiger partial charge in [-0.25, -0.2) is 0 Å². The van der Waals surface area contributed by atoms with Gasteiger partial charge in [-0.1, -0.05) is 6.07 Å². The Labute approximate surface area is 88.8 Å². The maximum absolute atomic E-state index is 12.0. The summed E-state index contributed by atoms with van der Waals surface area (Å²) in [6.07, 6.45) is -4.62. The number of halogens is 3. The molecule has 0 radical (unpaired) electrons. The molecule has 1 aliphatic rings. The van der Waals surface area contributed by atoms with Crippen LogP contribution >= 0.6 is 0 Å². The van der Waals surface area contributed by atoms with Crippen LogP contribution in [0.3, 0.4) is 0 Å². The van der Waals surface area contributed by atoms with Gasteiger partial charge in [0.05, 0.1) is 12.2 Å². The van der Waals surface area contributed by atoms with E-state index in [-0.39, 0.29) is 30.1 Å². The van der Waals surface area contributed by atoms with E-state index in [1.807, 2.05) is 0 Å². The summed E-state index contributed by atoms with van der Waals surface area (Å²) in [7, 11) is 0. The van der Waals surface area contributed by atoms with Crippen LogP contribution in [0, 0.1) is 0 Å². The Hall–Kier alpha value is -1.72. The summed E-state index contributed by atoms with van der Waals surface area (Å²) in [5.41, 5.74) is 0.132. The Kier molecular flexibility index (Phi) is 2.49. The van der Waals surface area contributed by atoms with Gasteiger partial charge in [-0.15, -0.1) is 13.2 Å². The average Bonchev–Trinajstić information content (AvgIpc) is 2.17. The smallest absolute Gasteiger partial charge is 0.488 e. The normalized spacial score (nSPS) is 15.3. The monoisotopic (exact) mass is 232 g/mol. The molecule has 3 nitrogen and oxygen atoms in total. The number of ketones is 1. The molecule has 1 aliphatic heterocycles. The second-order valence-electron chi connectivity index (χ2n) is 3.20. The highest BCUT2D eigenvalue weighted by atomic mass is 19.4. The minimum Gasteiger partial charge on any atom is -0.488 e. The van der Waals surface area contributed by atoms with Crippen molar-refractivity contribution in [3.05, 3.63) is 23.8 Å². The molecule has 1 aromatic carbocycles. The van der Waals surface area contributed by atoms with Crippen molar-refractivity contribution in [2.45, 2.75) is 12.8 Å². The molecule has 0 atom stereocenters. The molecule has 1 heterocycles. The van der Waals surface area contributed by atoms with Crippen molar-refractivity contribution in [3.63, 3.8) is 0 Å². The van der Waals surface area contributed by atoms with Crippen LogP contribution in [-0.2, 0) is 0 Å². The standard InChI is InChI=1S/C10H7F3O3/c11-10(12,13)16-8-3-1-2-6-7(14)4-5-15-9(6)8/h1-3H,4-5H2. The fourth-order valence-electron chi connectivity index (χ4n) is 1.47. The van der Waals surface area contributed by atoms with Crippen molar-refractivity contribution in [2.24, 2.45) is 0 Å². The van der Waals surface area contributed by atoms with E-state index in [0.29, 0.717) is 0 Å². The summed E-state index contributed by atoms with van der Waals surface area (Å²) in [5.74, 6) is -0.844. The Morgan fingerprint density at radius 1 is 1.31 bits per heavy atom. The molecule has 0 aliphatic carbocycles.